The van der Waals surface area contributed by atoms with Gasteiger partial charge >= 0.3 is 18.3 Å². The number of nitrogens with zero attached hydrogens (tertiary/aromatic N) is 2. The van der Waals surface area contributed by atoms with Crippen molar-refractivity contribution in [2.45, 2.75) is 50.4 Å². The van der Waals surface area contributed by atoms with Gasteiger partial charge in [-0.25, -0.2) is 8.78 Å². The molecule has 2 aliphatic heterocycles. The molecule has 5 rings (SSSR count). The first-order valence-corrected chi connectivity index (χ1v) is 17.2. The Labute approximate surface area is 315 Å². The Morgan fingerprint density at radius 2 is 1.80 bits per heavy atom. The highest BCUT2D eigenvalue weighted by Gasteiger charge is 2.40. The van der Waals surface area contributed by atoms with Crippen molar-refractivity contribution in [3.8, 4) is 22.6 Å². The van der Waals surface area contributed by atoms with Crippen molar-refractivity contribution in [2.24, 2.45) is 0 Å². The number of carbonyl (C=O) groups excluding carboxylic acids is 3. The third-order valence-electron chi connectivity index (χ3n) is 8.95. The van der Waals surface area contributed by atoms with E-state index in [0.29, 0.717) is 12.1 Å². The van der Waals surface area contributed by atoms with Crippen LogP contribution in [0.5, 0.6) is 11.5 Å². The van der Waals surface area contributed by atoms with Crippen molar-refractivity contribution >= 4 is 29.8 Å². The number of nitrogens with one attached hydrogen (secondary N) is 1. The molecule has 2 atom stereocenters. The van der Waals surface area contributed by atoms with E-state index in [1.54, 1.807) is 4.90 Å². The molecule has 3 aromatic carbocycles. The standard InChI is InChI=1S/C38H34ClF8N3O5/c1-3-54-32(52)17-30-26-15-23(16-28(34(26)41)38(45,46)47)33-29(39)8-5-9-31(33)55-25-7-4-6-21(14-25)35(36(53)48-30)49(2)18-22(10-12-50-19-24(40)20-50)27(11-13-51)37(42,43)44/h4-9,11,13-16,18,24,30,35H,3,10,12,17,19-20H2,1-2H3,(H,48,53)/b22-18-,27-11+/t30-,35?/m0/s1. The maximum Gasteiger partial charge on any atom is 0.419 e. The van der Waals surface area contributed by atoms with Crippen molar-refractivity contribution in [1.82, 2.24) is 15.1 Å². The number of likely N-dealkylation sites (N-methyl/N-ethyl adjacent to an activating group) is 1. The van der Waals surface area contributed by atoms with Crippen molar-refractivity contribution in [3.63, 3.8) is 0 Å². The van der Waals surface area contributed by atoms with Crippen LogP contribution in [-0.2, 0) is 25.3 Å². The lowest BCUT2D eigenvalue weighted by Crippen LogP contribution is -2.48. The molecule has 8 nitrogen and oxygen atoms in total. The van der Waals surface area contributed by atoms with Crippen LogP contribution >= 0.6 is 11.6 Å². The van der Waals surface area contributed by atoms with Gasteiger partial charge in [0.1, 0.15) is 35.8 Å². The minimum atomic E-state index is -5.27. The fourth-order valence-corrected chi connectivity index (χ4v) is 6.73. The Balaban J connectivity index is 1.73. The number of rotatable bonds is 10. The summed E-state index contributed by atoms with van der Waals surface area (Å²) >= 11 is 6.51. The summed E-state index contributed by atoms with van der Waals surface area (Å²) in [6, 6.07) is 7.99. The Morgan fingerprint density at radius 1 is 1.09 bits per heavy atom. The highest BCUT2D eigenvalue weighted by Crippen LogP contribution is 2.45. The van der Waals surface area contributed by atoms with E-state index in [2.05, 4.69) is 5.32 Å². The van der Waals surface area contributed by atoms with Gasteiger partial charge in [-0.05, 0) is 72.5 Å². The minimum Gasteiger partial charge on any atom is -0.466 e. The van der Waals surface area contributed by atoms with Crippen LogP contribution in [0.25, 0.3) is 11.1 Å². The lowest BCUT2D eigenvalue weighted by atomic mass is 9.93. The van der Waals surface area contributed by atoms with Crippen LogP contribution in [0.2, 0.25) is 5.02 Å². The molecular weight excluding hydrogens is 766 g/mol. The second-order valence-electron chi connectivity index (χ2n) is 12.8. The number of fused-ring (bicyclic) bond motifs is 6. The van der Waals surface area contributed by atoms with Crippen molar-refractivity contribution in [2.75, 3.05) is 33.3 Å². The van der Waals surface area contributed by atoms with E-state index in [9.17, 15) is 45.1 Å². The molecule has 0 radical (unpaired) electrons. The average molecular weight is 800 g/mol. The highest BCUT2D eigenvalue weighted by atomic mass is 35.5. The molecule has 55 heavy (non-hydrogen) atoms. The number of benzene rings is 3. The SMILES string of the molecule is CCOC(=O)C[C@@H]1NC(=O)C(N(C)/C=C(CCN2CC(F)C2)\C(=C/C=O)C(F)(F)F)c2cccc(c2)Oc2cccc(Cl)c2-c2cc1c(F)c(C(F)(F)F)c2. The lowest BCUT2D eigenvalue weighted by molar-refractivity contribution is -0.144. The van der Waals surface area contributed by atoms with Gasteiger partial charge in [0.2, 0.25) is 5.91 Å². The summed E-state index contributed by atoms with van der Waals surface area (Å²) in [4.78, 5) is 41.3. The molecule has 2 heterocycles. The van der Waals surface area contributed by atoms with E-state index in [4.69, 9.17) is 21.1 Å². The molecule has 0 aromatic heterocycles. The maximum absolute atomic E-state index is 16.1. The number of hydrogen-bond acceptors (Lipinski definition) is 7. The summed E-state index contributed by atoms with van der Waals surface area (Å²) < 4.78 is 127. The van der Waals surface area contributed by atoms with E-state index >= 15 is 4.39 Å². The lowest BCUT2D eigenvalue weighted by Gasteiger charge is -2.35. The third kappa shape index (κ3) is 9.65. The molecule has 1 unspecified atom stereocenters. The fraction of sp³-hybridized carbons (Fsp3) is 0.342. The normalized spacial score (nSPS) is 18.4. The van der Waals surface area contributed by atoms with Gasteiger partial charge in [-0.3, -0.25) is 19.3 Å². The number of amides is 1. The highest BCUT2D eigenvalue weighted by molar-refractivity contribution is 6.33. The smallest absolute Gasteiger partial charge is 0.419 e. The molecule has 1 amide bonds. The van der Waals surface area contributed by atoms with Gasteiger partial charge in [0.25, 0.3) is 0 Å². The number of hydrogen-bond donors (Lipinski definition) is 1. The number of aldehydes is 1. The average Bonchev–Trinajstić information content (AvgIpc) is 3.07. The van der Waals surface area contributed by atoms with Gasteiger partial charge in [0, 0.05) is 44.0 Å². The number of allylic oxidation sites excluding steroid dienone is 2. The molecule has 17 heteroatoms. The second kappa shape index (κ2) is 16.8. The number of carbonyl (C=O) groups is 3. The molecule has 1 saturated heterocycles. The second-order valence-corrected chi connectivity index (χ2v) is 13.2. The molecule has 294 valence electrons. The zero-order chi connectivity index (χ0) is 40.2. The van der Waals surface area contributed by atoms with Crippen LogP contribution in [-0.4, -0.2) is 73.6 Å². The van der Waals surface area contributed by atoms with Crippen LogP contribution in [0.15, 0.2) is 78.0 Å². The predicted molar refractivity (Wildman–Crippen MR) is 185 cm³/mol. The van der Waals surface area contributed by atoms with Crippen molar-refractivity contribution in [3.05, 3.63) is 106 Å². The largest absolute Gasteiger partial charge is 0.466 e. The fourth-order valence-electron chi connectivity index (χ4n) is 6.45. The van der Waals surface area contributed by atoms with E-state index < -0.39 is 77.0 Å². The minimum absolute atomic E-state index is 0.0102. The quantitative estimate of drug-likeness (QED) is 0.0723. The number of likely N-dealkylation sites (tertiary alicyclic amines) is 1. The summed E-state index contributed by atoms with van der Waals surface area (Å²) in [5.41, 5.74) is -4.56. The summed E-state index contributed by atoms with van der Waals surface area (Å²) in [6.45, 7) is 1.23. The van der Waals surface area contributed by atoms with Crippen LogP contribution in [0, 0.1) is 5.82 Å². The molecule has 3 aromatic rings. The molecule has 0 aliphatic carbocycles. The summed E-state index contributed by atoms with van der Waals surface area (Å²) in [5, 5.41) is 2.36. The summed E-state index contributed by atoms with van der Waals surface area (Å²) in [6.07, 6.45) is -11.4. The molecular formula is C38H34ClF8N3O5. The molecule has 1 N–H and O–H groups in total. The van der Waals surface area contributed by atoms with Gasteiger partial charge in [-0.1, -0.05) is 29.8 Å². The van der Waals surface area contributed by atoms with Crippen molar-refractivity contribution in [1.29, 1.82) is 0 Å². The van der Waals surface area contributed by atoms with Crippen LogP contribution in [0.1, 0.15) is 48.5 Å². The van der Waals surface area contributed by atoms with Gasteiger partial charge in [0.05, 0.1) is 35.2 Å². The predicted octanol–water partition coefficient (Wildman–Crippen LogP) is 8.67. The van der Waals surface area contributed by atoms with Crippen LogP contribution < -0.4 is 10.1 Å². The van der Waals surface area contributed by atoms with E-state index in [1.165, 1.54) is 56.4 Å². The molecule has 1 fully saturated rings. The Morgan fingerprint density at radius 3 is 2.44 bits per heavy atom. The first-order chi connectivity index (χ1) is 25.9. The third-order valence-corrected chi connectivity index (χ3v) is 9.27. The topological polar surface area (TPSA) is 88.2 Å². The Hall–Kier alpha value is -4.96. The first-order valence-electron chi connectivity index (χ1n) is 16.9. The Kier molecular flexibility index (Phi) is 12.6. The van der Waals surface area contributed by atoms with Crippen LogP contribution in [0.3, 0.4) is 0 Å². The summed E-state index contributed by atoms with van der Waals surface area (Å²) in [7, 11) is 1.24. The molecule has 4 bridgehead atoms. The molecule has 0 spiro atoms. The maximum atomic E-state index is 16.1. The zero-order valence-electron chi connectivity index (χ0n) is 29.2. The molecule has 2 aliphatic rings. The number of esters is 1. The van der Waals surface area contributed by atoms with Gasteiger partial charge < -0.3 is 19.7 Å². The van der Waals surface area contributed by atoms with Crippen molar-refractivity contribution < 1.29 is 59.0 Å². The van der Waals surface area contributed by atoms with Crippen LogP contribution in [0.4, 0.5) is 35.1 Å². The first kappa shape index (κ1) is 41.2. The van der Waals surface area contributed by atoms with Gasteiger partial charge in [0.15, 0.2) is 0 Å². The number of alkyl halides is 7. The van der Waals surface area contributed by atoms with E-state index in [0.717, 1.165) is 17.2 Å². The zero-order valence-corrected chi connectivity index (χ0v) is 30.0. The molecule has 0 saturated carbocycles. The van der Waals surface area contributed by atoms with Gasteiger partial charge in [-0.2, -0.15) is 26.3 Å². The number of halogens is 9. The Bertz CT molecular complexity index is 2000. The monoisotopic (exact) mass is 799 g/mol. The summed E-state index contributed by atoms with van der Waals surface area (Å²) in [5.74, 6) is -3.93. The number of ether oxygens (including phenoxy) is 2. The van der Waals surface area contributed by atoms with Gasteiger partial charge in [-0.15, -0.1) is 0 Å². The van der Waals surface area contributed by atoms with E-state index in [-0.39, 0.29) is 72.2 Å². The van der Waals surface area contributed by atoms with E-state index in [1.807, 2.05) is 0 Å².